The minimum Gasteiger partial charge on any atom is -0.478 e. The Kier molecular flexibility index (Phi) is 9.26. The lowest BCUT2D eigenvalue weighted by molar-refractivity contribution is 0.0697. The number of rotatable bonds is 5. The van der Waals surface area contributed by atoms with E-state index in [1.807, 2.05) is 14.1 Å². The maximum atomic E-state index is 10.2. The van der Waals surface area contributed by atoms with Gasteiger partial charge in [0.25, 0.3) is 0 Å². The Morgan fingerprint density at radius 3 is 1.94 bits per heavy atom. The third-order valence-electron chi connectivity index (χ3n) is 1.87. The van der Waals surface area contributed by atoms with E-state index in [0.29, 0.717) is 5.56 Å². The second kappa shape index (κ2) is 10.1. The lowest BCUT2D eigenvalue weighted by Gasteiger charge is -1.95. The molecule has 0 spiro atoms. The lowest BCUT2D eigenvalue weighted by atomic mass is 10.2. The molecule has 90 valence electrons. The van der Waals surface area contributed by atoms with Gasteiger partial charge in [-0.05, 0) is 45.7 Å². The van der Waals surface area contributed by atoms with E-state index in [1.165, 1.54) is 6.42 Å². The maximum Gasteiger partial charge on any atom is 0.335 e. The number of hydrogen-bond acceptors (Lipinski definition) is 3. The van der Waals surface area contributed by atoms with Gasteiger partial charge in [-0.2, -0.15) is 0 Å². The number of nitrogens with one attached hydrogen (secondary N) is 2. The summed E-state index contributed by atoms with van der Waals surface area (Å²) in [4.78, 5) is 10.2. The Morgan fingerprint density at radius 2 is 1.62 bits per heavy atom. The molecule has 0 saturated heterocycles. The van der Waals surface area contributed by atoms with Crippen LogP contribution in [0.2, 0.25) is 0 Å². The maximum absolute atomic E-state index is 10.2. The van der Waals surface area contributed by atoms with Crippen molar-refractivity contribution in [2.45, 2.75) is 6.42 Å². The van der Waals surface area contributed by atoms with Gasteiger partial charge >= 0.3 is 5.97 Å². The molecule has 0 aromatic heterocycles. The average molecular weight is 224 g/mol. The van der Waals surface area contributed by atoms with Gasteiger partial charge in [0.15, 0.2) is 0 Å². The molecule has 3 N–H and O–H groups in total. The highest BCUT2D eigenvalue weighted by Gasteiger charge is 1.96. The summed E-state index contributed by atoms with van der Waals surface area (Å²) >= 11 is 0. The van der Waals surface area contributed by atoms with Crippen molar-refractivity contribution < 1.29 is 9.90 Å². The molecular formula is C12H20N2O2. The quantitative estimate of drug-likeness (QED) is 0.658. The average Bonchev–Trinajstić information content (AvgIpc) is 2.32. The minimum absolute atomic E-state index is 0.331. The highest BCUT2D eigenvalue weighted by Crippen LogP contribution is 1.96. The van der Waals surface area contributed by atoms with Crippen molar-refractivity contribution in [3.8, 4) is 0 Å². The molecule has 0 aliphatic rings. The molecule has 4 heteroatoms. The van der Waals surface area contributed by atoms with Crippen LogP contribution in [-0.2, 0) is 0 Å². The van der Waals surface area contributed by atoms with Gasteiger partial charge in [0, 0.05) is 0 Å². The van der Waals surface area contributed by atoms with Gasteiger partial charge in [-0.1, -0.05) is 18.2 Å². The van der Waals surface area contributed by atoms with Crippen LogP contribution in [0.1, 0.15) is 16.8 Å². The van der Waals surface area contributed by atoms with Gasteiger partial charge in [-0.3, -0.25) is 0 Å². The SMILES string of the molecule is CNCCCNC.O=C(O)c1ccccc1. The van der Waals surface area contributed by atoms with Crippen molar-refractivity contribution in [3.05, 3.63) is 35.9 Å². The Bertz CT molecular complexity index is 272. The molecule has 1 aromatic rings. The molecule has 1 rings (SSSR count). The topological polar surface area (TPSA) is 61.4 Å². The largest absolute Gasteiger partial charge is 0.478 e. The number of carboxylic acids is 1. The molecule has 0 fully saturated rings. The van der Waals surface area contributed by atoms with Gasteiger partial charge in [-0.25, -0.2) is 4.79 Å². The minimum atomic E-state index is -0.879. The number of benzene rings is 1. The molecule has 0 radical (unpaired) electrons. The van der Waals surface area contributed by atoms with E-state index in [9.17, 15) is 4.79 Å². The molecule has 0 bridgehead atoms. The van der Waals surface area contributed by atoms with Crippen LogP contribution in [0, 0.1) is 0 Å². The predicted octanol–water partition coefficient (Wildman–Crippen LogP) is 1.20. The molecule has 0 amide bonds. The van der Waals surface area contributed by atoms with Crippen LogP contribution in [0.25, 0.3) is 0 Å². The van der Waals surface area contributed by atoms with E-state index in [-0.39, 0.29) is 0 Å². The Hall–Kier alpha value is -1.39. The van der Waals surface area contributed by atoms with Crippen LogP contribution in [0.15, 0.2) is 30.3 Å². The van der Waals surface area contributed by atoms with E-state index < -0.39 is 5.97 Å². The second-order valence-electron chi connectivity index (χ2n) is 3.23. The van der Waals surface area contributed by atoms with Gasteiger partial charge in [0.2, 0.25) is 0 Å². The third-order valence-corrected chi connectivity index (χ3v) is 1.87. The van der Waals surface area contributed by atoms with Gasteiger partial charge < -0.3 is 15.7 Å². The third kappa shape index (κ3) is 7.96. The van der Waals surface area contributed by atoms with E-state index in [1.54, 1.807) is 30.3 Å². The Labute approximate surface area is 96.7 Å². The molecule has 1 aromatic carbocycles. The Balaban J connectivity index is 0.000000293. The van der Waals surface area contributed by atoms with Crippen molar-refractivity contribution in [1.29, 1.82) is 0 Å². The number of aromatic carboxylic acids is 1. The number of carboxylic acid groups (broad SMARTS) is 1. The van der Waals surface area contributed by atoms with Crippen LogP contribution in [0.4, 0.5) is 0 Å². The summed E-state index contributed by atoms with van der Waals surface area (Å²) in [5.41, 5.74) is 0.331. The molecule has 0 aliphatic carbocycles. The van der Waals surface area contributed by atoms with E-state index in [2.05, 4.69) is 10.6 Å². The highest BCUT2D eigenvalue weighted by atomic mass is 16.4. The molecular weight excluding hydrogens is 204 g/mol. The van der Waals surface area contributed by atoms with Crippen molar-refractivity contribution in [3.63, 3.8) is 0 Å². The van der Waals surface area contributed by atoms with Gasteiger partial charge in [0.1, 0.15) is 0 Å². The van der Waals surface area contributed by atoms with Crippen molar-refractivity contribution in [1.82, 2.24) is 10.6 Å². The first-order valence-corrected chi connectivity index (χ1v) is 5.30. The Morgan fingerprint density at radius 1 is 1.12 bits per heavy atom. The fourth-order valence-electron chi connectivity index (χ4n) is 1.02. The molecule has 4 nitrogen and oxygen atoms in total. The summed E-state index contributed by atoms with van der Waals surface area (Å²) in [7, 11) is 3.94. The van der Waals surface area contributed by atoms with Crippen molar-refractivity contribution in [2.75, 3.05) is 27.2 Å². The zero-order valence-electron chi connectivity index (χ0n) is 9.86. The standard InChI is InChI=1S/C7H6O2.C5H14N2/c8-7(9)6-4-2-1-3-5-6;1-6-4-3-5-7-2/h1-5H,(H,8,9);6-7H,3-5H2,1-2H3. The molecule has 0 heterocycles. The summed E-state index contributed by atoms with van der Waals surface area (Å²) in [5.74, 6) is -0.879. The van der Waals surface area contributed by atoms with Crippen LogP contribution in [-0.4, -0.2) is 38.3 Å². The fourth-order valence-corrected chi connectivity index (χ4v) is 1.02. The van der Waals surface area contributed by atoms with Crippen LogP contribution in [0.5, 0.6) is 0 Å². The first-order valence-electron chi connectivity index (χ1n) is 5.30. The zero-order valence-corrected chi connectivity index (χ0v) is 9.86. The lowest BCUT2D eigenvalue weighted by Crippen LogP contribution is -2.15. The van der Waals surface area contributed by atoms with Gasteiger partial charge in [-0.15, -0.1) is 0 Å². The molecule has 0 atom stereocenters. The van der Waals surface area contributed by atoms with Crippen molar-refractivity contribution >= 4 is 5.97 Å². The molecule has 16 heavy (non-hydrogen) atoms. The molecule has 0 aliphatic heterocycles. The van der Waals surface area contributed by atoms with Gasteiger partial charge in [0.05, 0.1) is 5.56 Å². The number of carbonyl (C=O) groups is 1. The normalized spacial score (nSPS) is 9.12. The highest BCUT2D eigenvalue weighted by molar-refractivity contribution is 5.87. The smallest absolute Gasteiger partial charge is 0.335 e. The first kappa shape index (κ1) is 14.6. The number of hydrogen-bond donors (Lipinski definition) is 3. The zero-order chi connectivity index (χ0) is 12.2. The summed E-state index contributed by atoms with van der Waals surface area (Å²) in [6.07, 6.45) is 1.22. The first-order chi connectivity index (χ1) is 7.72. The van der Waals surface area contributed by atoms with Crippen LogP contribution in [0.3, 0.4) is 0 Å². The molecule has 0 saturated carbocycles. The monoisotopic (exact) mass is 224 g/mol. The van der Waals surface area contributed by atoms with E-state index in [4.69, 9.17) is 5.11 Å². The van der Waals surface area contributed by atoms with Crippen LogP contribution < -0.4 is 10.6 Å². The van der Waals surface area contributed by atoms with Crippen molar-refractivity contribution in [2.24, 2.45) is 0 Å². The van der Waals surface area contributed by atoms with Crippen LogP contribution >= 0.6 is 0 Å². The van der Waals surface area contributed by atoms with E-state index in [0.717, 1.165) is 13.1 Å². The van der Waals surface area contributed by atoms with E-state index >= 15 is 0 Å². The predicted molar refractivity (Wildman–Crippen MR) is 65.9 cm³/mol. The summed E-state index contributed by atoms with van der Waals surface area (Å²) < 4.78 is 0. The second-order valence-corrected chi connectivity index (χ2v) is 3.23. The summed E-state index contributed by atoms with van der Waals surface area (Å²) in [6.45, 7) is 2.22. The fraction of sp³-hybridized carbons (Fsp3) is 0.417. The molecule has 0 unspecified atom stereocenters. The summed E-state index contributed by atoms with van der Waals surface area (Å²) in [6, 6.07) is 8.30. The summed E-state index contributed by atoms with van der Waals surface area (Å²) in [5, 5.41) is 14.5.